The molecule has 0 amide bonds. The van der Waals surface area contributed by atoms with Gasteiger partial charge in [-0.3, -0.25) is 0 Å². The molecule has 0 bridgehead atoms. The van der Waals surface area contributed by atoms with Gasteiger partial charge in [-0.2, -0.15) is 12.8 Å². The second kappa shape index (κ2) is 4.11. The Morgan fingerprint density at radius 1 is 1.60 bits per heavy atom. The Kier molecular flexibility index (Phi) is 3.25. The molecule has 15 heavy (non-hydrogen) atoms. The summed E-state index contributed by atoms with van der Waals surface area (Å²) in [6, 6.07) is 0.178. The van der Waals surface area contributed by atoms with E-state index in [2.05, 4.69) is 9.71 Å². The number of sulfonamides is 1. The summed E-state index contributed by atoms with van der Waals surface area (Å²) in [5, 5.41) is 11.6. The molecule has 0 atom stereocenters. The maximum Gasteiger partial charge on any atom is 0.349 e. The first-order valence-electron chi connectivity index (χ1n) is 4.35. The average molecular weight is 232 g/mol. The first-order chi connectivity index (χ1) is 6.83. The summed E-state index contributed by atoms with van der Waals surface area (Å²) in [6.45, 7) is 4.03. The minimum absolute atomic E-state index is 0.178. The zero-order valence-electron chi connectivity index (χ0n) is 8.39. The number of aliphatic carboxylic acids is 1. The monoisotopic (exact) mass is 232 g/mol. The Bertz CT molecular complexity index is 434. The normalized spacial score (nSPS) is 18.9. The summed E-state index contributed by atoms with van der Waals surface area (Å²) >= 11 is 0. The van der Waals surface area contributed by atoms with E-state index >= 15 is 0 Å². The SMILES string of the molecule is CC(C)NCC1=NS(=O)(=O)C(C(=O)O)=C1. The average Bonchev–Trinajstić information content (AvgIpc) is 2.37. The van der Waals surface area contributed by atoms with Crippen molar-refractivity contribution in [2.24, 2.45) is 4.40 Å². The van der Waals surface area contributed by atoms with Crippen LogP contribution in [0.25, 0.3) is 0 Å². The highest BCUT2D eigenvalue weighted by Crippen LogP contribution is 2.16. The molecule has 0 aliphatic carbocycles. The predicted octanol–water partition coefficient (Wildman–Crippen LogP) is -0.263. The molecule has 0 saturated heterocycles. The van der Waals surface area contributed by atoms with E-state index in [9.17, 15) is 13.2 Å². The predicted molar refractivity (Wildman–Crippen MR) is 55.2 cm³/mol. The van der Waals surface area contributed by atoms with Crippen LogP contribution in [0.5, 0.6) is 0 Å². The van der Waals surface area contributed by atoms with Gasteiger partial charge in [0.1, 0.15) is 0 Å². The molecule has 6 nitrogen and oxygen atoms in total. The number of rotatable bonds is 4. The minimum Gasteiger partial charge on any atom is -0.477 e. The summed E-state index contributed by atoms with van der Waals surface area (Å²) < 4.78 is 25.7. The third-order valence-electron chi connectivity index (χ3n) is 1.72. The maximum absolute atomic E-state index is 11.2. The smallest absolute Gasteiger partial charge is 0.349 e. The molecule has 0 aromatic heterocycles. The Hall–Kier alpha value is -1.21. The van der Waals surface area contributed by atoms with Crippen LogP contribution in [0.1, 0.15) is 13.8 Å². The standard InChI is InChI=1S/C8H12N2O4S/c1-5(2)9-4-6-3-7(8(11)12)15(13,14)10-6/h3,5,9H,4H2,1-2H3,(H,11,12). The van der Waals surface area contributed by atoms with Gasteiger partial charge < -0.3 is 10.4 Å². The van der Waals surface area contributed by atoms with Crippen molar-refractivity contribution in [3.8, 4) is 0 Å². The van der Waals surface area contributed by atoms with Gasteiger partial charge in [0.2, 0.25) is 0 Å². The van der Waals surface area contributed by atoms with Crippen LogP contribution in [0.4, 0.5) is 0 Å². The van der Waals surface area contributed by atoms with E-state index in [1.165, 1.54) is 0 Å². The quantitative estimate of drug-likeness (QED) is 0.696. The fraction of sp³-hybridized carbons (Fsp3) is 0.500. The molecule has 0 aromatic carbocycles. The van der Waals surface area contributed by atoms with Gasteiger partial charge in [0.05, 0.1) is 5.71 Å². The van der Waals surface area contributed by atoms with Crippen molar-refractivity contribution in [3.63, 3.8) is 0 Å². The molecule has 1 rings (SSSR count). The van der Waals surface area contributed by atoms with Gasteiger partial charge in [-0.05, 0) is 6.08 Å². The molecule has 0 aromatic rings. The van der Waals surface area contributed by atoms with E-state index in [1.807, 2.05) is 13.8 Å². The van der Waals surface area contributed by atoms with Gasteiger partial charge in [0.15, 0.2) is 4.91 Å². The van der Waals surface area contributed by atoms with Crippen LogP contribution in [-0.4, -0.2) is 37.8 Å². The summed E-state index contributed by atoms with van der Waals surface area (Å²) in [4.78, 5) is 9.90. The molecule has 0 unspecified atom stereocenters. The van der Waals surface area contributed by atoms with Crippen molar-refractivity contribution in [3.05, 3.63) is 11.0 Å². The zero-order valence-corrected chi connectivity index (χ0v) is 9.21. The molecule has 2 N–H and O–H groups in total. The number of nitrogens with zero attached hydrogens (tertiary/aromatic N) is 1. The van der Waals surface area contributed by atoms with Crippen LogP contribution in [0, 0.1) is 0 Å². The number of nitrogens with one attached hydrogen (secondary N) is 1. The van der Waals surface area contributed by atoms with Crippen molar-refractivity contribution >= 4 is 21.7 Å². The van der Waals surface area contributed by atoms with Gasteiger partial charge in [0.25, 0.3) is 10.0 Å². The van der Waals surface area contributed by atoms with Gasteiger partial charge in [-0.25, -0.2) is 4.79 Å². The van der Waals surface area contributed by atoms with E-state index in [0.717, 1.165) is 6.08 Å². The molecule has 0 saturated carbocycles. The molecule has 1 aliphatic rings. The first-order valence-corrected chi connectivity index (χ1v) is 5.79. The lowest BCUT2D eigenvalue weighted by molar-refractivity contribution is -0.131. The molecule has 1 heterocycles. The summed E-state index contributed by atoms with van der Waals surface area (Å²) in [7, 11) is -3.97. The second-order valence-electron chi connectivity index (χ2n) is 3.41. The Balaban J connectivity index is 2.84. The van der Waals surface area contributed by atoms with Crippen molar-refractivity contribution in [1.29, 1.82) is 0 Å². The Morgan fingerprint density at radius 3 is 2.60 bits per heavy atom. The lowest BCUT2D eigenvalue weighted by Crippen LogP contribution is -2.27. The Morgan fingerprint density at radius 2 is 2.20 bits per heavy atom. The highest BCUT2D eigenvalue weighted by Gasteiger charge is 2.29. The van der Waals surface area contributed by atoms with Gasteiger partial charge >= 0.3 is 5.97 Å². The first kappa shape index (κ1) is 11.9. The van der Waals surface area contributed by atoms with Crippen LogP contribution in [0.15, 0.2) is 15.4 Å². The maximum atomic E-state index is 11.2. The van der Waals surface area contributed by atoms with E-state index in [1.54, 1.807) is 0 Å². The molecular weight excluding hydrogens is 220 g/mol. The molecule has 0 spiro atoms. The Labute approximate surface area is 87.8 Å². The molecule has 0 radical (unpaired) electrons. The van der Waals surface area contributed by atoms with Gasteiger partial charge in [0, 0.05) is 12.6 Å². The van der Waals surface area contributed by atoms with Gasteiger partial charge in [-0.15, -0.1) is 0 Å². The van der Waals surface area contributed by atoms with E-state index in [-0.39, 0.29) is 18.3 Å². The van der Waals surface area contributed by atoms with Crippen LogP contribution >= 0.6 is 0 Å². The molecular formula is C8H12N2O4S. The molecule has 1 aliphatic heterocycles. The largest absolute Gasteiger partial charge is 0.477 e. The van der Waals surface area contributed by atoms with Crippen molar-refractivity contribution in [2.75, 3.05) is 6.54 Å². The number of hydrogen-bond donors (Lipinski definition) is 2. The van der Waals surface area contributed by atoms with Crippen LogP contribution in [-0.2, 0) is 14.8 Å². The number of hydrogen-bond acceptors (Lipinski definition) is 4. The summed E-state index contributed by atoms with van der Waals surface area (Å²) in [5.74, 6) is -1.47. The summed E-state index contributed by atoms with van der Waals surface area (Å²) in [5.41, 5.74) is 0.223. The van der Waals surface area contributed by atoms with E-state index in [4.69, 9.17) is 5.11 Å². The van der Waals surface area contributed by atoms with E-state index < -0.39 is 20.9 Å². The minimum atomic E-state index is -3.97. The molecule has 7 heteroatoms. The number of carboxylic acids is 1. The van der Waals surface area contributed by atoms with E-state index in [0.29, 0.717) is 0 Å². The topological polar surface area (TPSA) is 95.8 Å². The zero-order chi connectivity index (χ0) is 11.6. The molecule has 84 valence electrons. The van der Waals surface area contributed by atoms with Crippen molar-refractivity contribution < 1.29 is 18.3 Å². The number of carbonyl (C=O) groups is 1. The third kappa shape index (κ3) is 2.87. The summed E-state index contributed by atoms with van der Waals surface area (Å²) in [6.07, 6.45) is 1.08. The van der Waals surface area contributed by atoms with Gasteiger partial charge in [-0.1, -0.05) is 13.8 Å². The fourth-order valence-corrected chi connectivity index (χ4v) is 2.05. The second-order valence-corrected chi connectivity index (χ2v) is 4.98. The highest BCUT2D eigenvalue weighted by molar-refractivity contribution is 7.95. The van der Waals surface area contributed by atoms with Crippen LogP contribution in [0.2, 0.25) is 0 Å². The van der Waals surface area contributed by atoms with Crippen molar-refractivity contribution in [2.45, 2.75) is 19.9 Å². The van der Waals surface area contributed by atoms with Crippen molar-refractivity contribution in [1.82, 2.24) is 5.32 Å². The fourth-order valence-electron chi connectivity index (χ4n) is 1.02. The van der Waals surface area contributed by atoms with Crippen LogP contribution in [0.3, 0.4) is 0 Å². The lowest BCUT2D eigenvalue weighted by Gasteiger charge is -2.05. The number of carboxylic acid groups (broad SMARTS) is 1. The molecule has 0 fully saturated rings. The van der Waals surface area contributed by atoms with Crippen LogP contribution < -0.4 is 5.32 Å². The third-order valence-corrected chi connectivity index (χ3v) is 3.04. The lowest BCUT2D eigenvalue weighted by atomic mass is 10.3. The highest BCUT2D eigenvalue weighted by atomic mass is 32.2.